The van der Waals surface area contributed by atoms with Gasteiger partial charge in [0, 0.05) is 18.4 Å². The summed E-state index contributed by atoms with van der Waals surface area (Å²) in [5.41, 5.74) is 1.34. The Morgan fingerprint density at radius 3 is 2.62 bits per heavy atom. The topological polar surface area (TPSA) is 72.5 Å². The SMILES string of the molecule is CCc1ccc(S(C)(=O)=O)cc1C(=O)NCC1CCC2(CCCCC2)O1. The van der Waals surface area contributed by atoms with Gasteiger partial charge in [-0.2, -0.15) is 0 Å². The fourth-order valence-corrected chi connectivity index (χ4v) is 4.86. The minimum atomic E-state index is -3.34. The number of hydrogen-bond donors (Lipinski definition) is 1. The highest BCUT2D eigenvalue weighted by molar-refractivity contribution is 7.90. The van der Waals surface area contributed by atoms with Gasteiger partial charge >= 0.3 is 0 Å². The minimum absolute atomic E-state index is 0.0401. The van der Waals surface area contributed by atoms with Gasteiger partial charge in [0.15, 0.2) is 9.84 Å². The quantitative estimate of drug-likeness (QED) is 0.852. The van der Waals surface area contributed by atoms with Crippen LogP contribution in [0.2, 0.25) is 0 Å². The molecule has 5 nitrogen and oxygen atoms in total. The molecule has 1 saturated carbocycles. The van der Waals surface area contributed by atoms with Crippen molar-refractivity contribution in [3.05, 3.63) is 29.3 Å². The van der Waals surface area contributed by atoms with Crippen molar-refractivity contribution >= 4 is 15.7 Å². The number of carbonyl (C=O) groups excluding carboxylic acids is 1. The smallest absolute Gasteiger partial charge is 0.251 e. The van der Waals surface area contributed by atoms with E-state index in [0.717, 1.165) is 37.5 Å². The van der Waals surface area contributed by atoms with Gasteiger partial charge < -0.3 is 10.1 Å². The standard InChI is InChI=1S/C20H29NO4S/c1-3-15-7-8-17(26(2,23)24)13-18(15)19(22)21-14-16-9-12-20(25-16)10-5-4-6-11-20/h7-8,13,16H,3-6,9-12,14H2,1-2H3,(H,21,22). The van der Waals surface area contributed by atoms with E-state index >= 15 is 0 Å². The summed E-state index contributed by atoms with van der Waals surface area (Å²) >= 11 is 0. The van der Waals surface area contributed by atoms with E-state index in [1.807, 2.05) is 6.92 Å². The van der Waals surface area contributed by atoms with Crippen molar-refractivity contribution in [3.63, 3.8) is 0 Å². The van der Waals surface area contributed by atoms with Crippen LogP contribution in [0, 0.1) is 0 Å². The molecular weight excluding hydrogens is 350 g/mol. The summed E-state index contributed by atoms with van der Waals surface area (Å²) in [5.74, 6) is -0.222. The van der Waals surface area contributed by atoms with E-state index in [9.17, 15) is 13.2 Å². The fraction of sp³-hybridized carbons (Fsp3) is 0.650. The summed E-state index contributed by atoms with van der Waals surface area (Å²) in [4.78, 5) is 12.8. The van der Waals surface area contributed by atoms with Gasteiger partial charge in [0.05, 0.1) is 16.6 Å². The molecule has 3 rings (SSSR count). The number of aryl methyl sites for hydroxylation is 1. The normalized spacial score (nSPS) is 22.5. The molecule has 1 aromatic carbocycles. The monoisotopic (exact) mass is 379 g/mol. The average molecular weight is 380 g/mol. The molecule has 1 amide bonds. The molecule has 6 heteroatoms. The maximum absolute atomic E-state index is 12.7. The first-order valence-corrected chi connectivity index (χ1v) is 11.5. The molecule has 0 radical (unpaired) electrons. The van der Waals surface area contributed by atoms with Crippen LogP contribution in [-0.2, 0) is 21.0 Å². The van der Waals surface area contributed by atoms with Crippen molar-refractivity contribution in [2.75, 3.05) is 12.8 Å². The Bertz CT molecular complexity index is 766. The van der Waals surface area contributed by atoms with Gasteiger partial charge in [-0.1, -0.05) is 32.3 Å². The number of hydrogen-bond acceptors (Lipinski definition) is 4. The van der Waals surface area contributed by atoms with E-state index in [2.05, 4.69) is 5.32 Å². The predicted octanol–water partition coefficient (Wildman–Crippen LogP) is 3.26. The van der Waals surface area contributed by atoms with Crippen LogP contribution in [-0.4, -0.2) is 38.8 Å². The molecule has 1 spiro atoms. The summed E-state index contributed by atoms with van der Waals surface area (Å²) in [6.07, 6.45) is 9.97. The van der Waals surface area contributed by atoms with Gasteiger partial charge in [-0.25, -0.2) is 8.42 Å². The van der Waals surface area contributed by atoms with Crippen molar-refractivity contribution in [1.29, 1.82) is 0 Å². The Morgan fingerprint density at radius 1 is 1.23 bits per heavy atom. The molecule has 2 aliphatic rings. The van der Waals surface area contributed by atoms with Gasteiger partial charge in [0.2, 0.25) is 0 Å². The van der Waals surface area contributed by atoms with Gasteiger partial charge in [-0.3, -0.25) is 4.79 Å². The molecule has 1 aliphatic heterocycles. The molecule has 1 N–H and O–H groups in total. The van der Waals surface area contributed by atoms with Crippen molar-refractivity contribution in [3.8, 4) is 0 Å². The molecule has 144 valence electrons. The Labute approximate surface area is 156 Å². The van der Waals surface area contributed by atoms with Crippen LogP contribution in [0.4, 0.5) is 0 Å². The molecule has 0 bridgehead atoms. The van der Waals surface area contributed by atoms with Crippen LogP contribution < -0.4 is 5.32 Å². The third-order valence-electron chi connectivity index (χ3n) is 5.73. The lowest BCUT2D eigenvalue weighted by Gasteiger charge is -2.33. The first-order valence-electron chi connectivity index (χ1n) is 9.62. The Hall–Kier alpha value is -1.40. The first-order chi connectivity index (χ1) is 12.3. The maximum Gasteiger partial charge on any atom is 0.251 e. The molecule has 1 saturated heterocycles. The van der Waals surface area contributed by atoms with Gasteiger partial charge in [0.25, 0.3) is 5.91 Å². The van der Waals surface area contributed by atoms with Gasteiger partial charge in [-0.15, -0.1) is 0 Å². The van der Waals surface area contributed by atoms with Crippen LogP contribution in [0.1, 0.15) is 67.8 Å². The molecule has 2 fully saturated rings. The van der Waals surface area contributed by atoms with Crippen LogP contribution >= 0.6 is 0 Å². The second-order valence-corrected chi connectivity index (χ2v) is 9.69. The molecular formula is C20H29NO4S. The van der Waals surface area contributed by atoms with Crippen LogP contribution in [0.5, 0.6) is 0 Å². The predicted molar refractivity (Wildman–Crippen MR) is 101 cm³/mol. The van der Waals surface area contributed by atoms with Gasteiger partial charge in [0.1, 0.15) is 0 Å². The Kier molecular flexibility index (Phi) is 5.72. The third kappa shape index (κ3) is 4.29. The maximum atomic E-state index is 12.7. The lowest BCUT2D eigenvalue weighted by atomic mass is 9.83. The van der Waals surface area contributed by atoms with Crippen molar-refractivity contribution in [2.45, 2.75) is 74.9 Å². The molecule has 1 aliphatic carbocycles. The Morgan fingerprint density at radius 2 is 1.96 bits per heavy atom. The first kappa shape index (κ1) is 19.4. The number of sulfone groups is 1. The van der Waals surface area contributed by atoms with Crippen LogP contribution in [0.15, 0.2) is 23.1 Å². The van der Waals surface area contributed by atoms with Gasteiger partial charge in [-0.05, 0) is 49.8 Å². The van der Waals surface area contributed by atoms with E-state index < -0.39 is 9.84 Å². The lowest BCUT2D eigenvalue weighted by molar-refractivity contribution is -0.0618. The number of benzene rings is 1. The van der Waals surface area contributed by atoms with E-state index in [0.29, 0.717) is 18.5 Å². The summed E-state index contributed by atoms with van der Waals surface area (Å²) in [7, 11) is -3.34. The number of amides is 1. The van der Waals surface area contributed by atoms with E-state index in [-0.39, 0.29) is 22.5 Å². The summed E-state index contributed by atoms with van der Waals surface area (Å²) < 4.78 is 29.9. The zero-order valence-corrected chi connectivity index (χ0v) is 16.5. The van der Waals surface area contributed by atoms with Crippen molar-refractivity contribution in [1.82, 2.24) is 5.32 Å². The Balaban J connectivity index is 1.65. The van der Waals surface area contributed by atoms with Crippen LogP contribution in [0.3, 0.4) is 0 Å². The van der Waals surface area contributed by atoms with Crippen molar-refractivity contribution < 1.29 is 17.9 Å². The number of ether oxygens (including phenoxy) is 1. The highest BCUT2D eigenvalue weighted by atomic mass is 32.2. The highest BCUT2D eigenvalue weighted by Crippen LogP contribution is 2.41. The summed E-state index contributed by atoms with van der Waals surface area (Å²) in [6.45, 7) is 2.44. The second kappa shape index (κ2) is 7.69. The number of nitrogens with one attached hydrogen (secondary N) is 1. The van der Waals surface area contributed by atoms with Crippen molar-refractivity contribution in [2.24, 2.45) is 0 Å². The zero-order valence-electron chi connectivity index (χ0n) is 15.7. The largest absolute Gasteiger partial charge is 0.370 e. The number of carbonyl (C=O) groups is 1. The molecule has 1 unspecified atom stereocenters. The average Bonchev–Trinajstić information content (AvgIpc) is 3.01. The minimum Gasteiger partial charge on any atom is -0.370 e. The zero-order chi connectivity index (χ0) is 18.8. The van der Waals surface area contributed by atoms with Crippen LogP contribution in [0.25, 0.3) is 0 Å². The second-order valence-electron chi connectivity index (χ2n) is 7.68. The number of rotatable bonds is 5. The molecule has 1 heterocycles. The van der Waals surface area contributed by atoms with E-state index in [1.165, 1.54) is 25.3 Å². The van der Waals surface area contributed by atoms with E-state index in [1.54, 1.807) is 12.1 Å². The highest BCUT2D eigenvalue weighted by Gasteiger charge is 2.40. The lowest BCUT2D eigenvalue weighted by Crippen LogP contribution is -2.36. The molecule has 1 atom stereocenters. The summed E-state index contributed by atoms with van der Waals surface area (Å²) in [5, 5.41) is 2.96. The summed E-state index contributed by atoms with van der Waals surface area (Å²) in [6, 6.07) is 4.79. The molecule has 26 heavy (non-hydrogen) atoms. The molecule has 0 aromatic heterocycles. The molecule has 1 aromatic rings. The van der Waals surface area contributed by atoms with E-state index in [4.69, 9.17) is 4.74 Å². The third-order valence-corrected chi connectivity index (χ3v) is 6.84. The fourth-order valence-electron chi connectivity index (χ4n) is 4.21.